The molecule has 1 aliphatic rings. The summed E-state index contributed by atoms with van der Waals surface area (Å²) in [5.41, 5.74) is 1.78. The highest BCUT2D eigenvalue weighted by molar-refractivity contribution is 6.07. The highest BCUT2D eigenvalue weighted by atomic mass is 16.5. The predicted molar refractivity (Wildman–Crippen MR) is 77.5 cm³/mol. The summed E-state index contributed by atoms with van der Waals surface area (Å²) in [6.07, 6.45) is 2.67. The van der Waals surface area contributed by atoms with Gasteiger partial charge < -0.3 is 15.4 Å². The summed E-state index contributed by atoms with van der Waals surface area (Å²) in [6.45, 7) is 6.10. The maximum absolute atomic E-state index is 11.8. The van der Waals surface area contributed by atoms with E-state index in [1.807, 2.05) is 26.8 Å². The smallest absolute Gasteiger partial charge is 0.251 e. The number of nitrogens with one attached hydrogen (secondary N) is 2. The number of amides is 2. The molecule has 106 valence electrons. The molecule has 2 amide bonds. The minimum atomic E-state index is -0.535. The second-order valence-electron chi connectivity index (χ2n) is 5.09. The molecule has 5 heteroatoms. The molecule has 20 heavy (non-hydrogen) atoms. The lowest BCUT2D eigenvalue weighted by molar-refractivity contribution is -0.119. The standard InChI is InChI=1S/C15H18N2O3/c1-4-20-8-7-13(18)16-10-5-6-11-12(9-10)17-14(19)15(11,2)3/h5-9H,4H2,1-3H3,(H,16,18)(H,17,19). The van der Waals surface area contributed by atoms with E-state index in [4.69, 9.17) is 4.74 Å². The summed E-state index contributed by atoms with van der Waals surface area (Å²) >= 11 is 0. The summed E-state index contributed by atoms with van der Waals surface area (Å²) in [6, 6.07) is 5.40. The van der Waals surface area contributed by atoms with Gasteiger partial charge >= 0.3 is 0 Å². The maximum atomic E-state index is 11.8. The van der Waals surface area contributed by atoms with Crippen LogP contribution < -0.4 is 10.6 Å². The Bertz CT molecular complexity index is 576. The molecule has 0 radical (unpaired) electrons. The van der Waals surface area contributed by atoms with Gasteiger partial charge in [-0.05, 0) is 38.5 Å². The highest BCUT2D eigenvalue weighted by Gasteiger charge is 2.38. The fourth-order valence-electron chi connectivity index (χ4n) is 2.06. The molecular weight excluding hydrogens is 256 g/mol. The summed E-state index contributed by atoms with van der Waals surface area (Å²) in [5.74, 6) is -0.311. The Morgan fingerprint density at radius 3 is 2.90 bits per heavy atom. The fraction of sp³-hybridized carbons (Fsp3) is 0.333. The molecule has 0 atom stereocenters. The van der Waals surface area contributed by atoms with Crippen molar-refractivity contribution in [2.45, 2.75) is 26.2 Å². The van der Waals surface area contributed by atoms with Gasteiger partial charge in [-0.3, -0.25) is 9.59 Å². The number of benzene rings is 1. The second kappa shape index (κ2) is 5.36. The first kappa shape index (κ1) is 14.1. The molecule has 1 aromatic carbocycles. The molecule has 1 heterocycles. The maximum Gasteiger partial charge on any atom is 0.251 e. The van der Waals surface area contributed by atoms with Gasteiger partial charge in [0.25, 0.3) is 5.91 Å². The molecule has 1 aliphatic heterocycles. The molecule has 0 unspecified atom stereocenters. The van der Waals surface area contributed by atoms with Crippen molar-refractivity contribution in [2.24, 2.45) is 0 Å². The van der Waals surface area contributed by atoms with Crippen LogP contribution in [0.25, 0.3) is 0 Å². The van der Waals surface area contributed by atoms with Crippen molar-refractivity contribution in [1.29, 1.82) is 0 Å². The normalized spacial score (nSPS) is 15.8. The van der Waals surface area contributed by atoms with Crippen LogP contribution >= 0.6 is 0 Å². The number of hydrogen-bond acceptors (Lipinski definition) is 3. The van der Waals surface area contributed by atoms with E-state index in [9.17, 15) is 9.59 Å². The SMILES string of the molecule is CCOC=CC(=O)Nc1ccc2c(c1)NC(=O)C2(C)C. The van der Waals surface area contributed by atoms with Gasteiger partial charge in [-0.15, -0.1) is 0 Å². The van der Waals surface area contributed by atoms with Gasteiger partial charge in [0.15, 0.2) is 0 Å². The van der Waals surface area contributed by atoms with E-state index in [0.29, 0.717) is 12.3 Å². The van der Waals surface area contributed by atoms with Crippen LogP contribution in [0.5, 0.6) is 0 Å². The Morgan fingerprint density at radius 1 is 1.45 bits per heavy atom. The van der Waals surface area contributed by atoms with Crippen LogP contribution in [-0.4, -0.2) is 18.4 Å². The zero-order valence-electron chi connectivity index (χ0n) is 11.8. The van der Waals surface area contributed by atoms with Gasteiger partial charge in [0.05, 0.1) is 18.3 Å². The van der Waals surface area contributed by atoms with Crippen LogP contribution in [0.4, 0.5) is 11.4 Å². The van der Waals surface area contributed by atoms with E-state index in [-0.39, 0.29) is 11.8 Å². The first-order chi connectivity index (χ1) is 9.45. The molecule has 2 N–H and O–H groups in total. The lowest BCUT2D eigenvalue weighted by Crippen LogP contribution is -2.26. The third kappa shape index (κ3) is 2.66. The summed E-state index contributed by atoms with van der Waals surface area (Å²) < 4.78 is 4.96. The number of carbonyl (C=O) groups excluding carboxylic acids is 2. The van der Waals surface area contributed by atoms with Crippen LogP contribution in [0.3, 0.4) is 0 Å². The van der Waals surface area contributed by atoms with E-state index in [0.717, 1.165) is 11.3 Å². The van der Waals surface area contributed by atoms with Crippen molar-refractivity contribution in [2.75, 3.05) is 17.2 Å². The third-order valence-corrected chi connectivity index (χ3v) is 3.26. The Balaban J connectivity index is 2.12. The number of ether oxygens (including phenoxy) is 1. The van der Waals surface area contributed by atoms with Crippen LogP contribution in [0.2, 0.25) is 0 Å². The van der Waals surface area contributed by atoms with Crippen LogP contribution in [0, 0.1) is 0 Å². The zero-order valence-corrected chi connectivity index (χ0v) is 11.8. The van der Waals surface area contributed by atoms with E-state index in [1.54, 1.807) is 12.1 Å². The Morgan fingerprint density at radius 2 is 2.20 bits per heavy atom. The zero-order chi connectivity index (χ0) is 14.8. The van der Waals surface area contributed by atoms with Gasteiger partial charge in [-0.2, -0.15) is 0 Å². The number of hydrogen-bond donors (Lipinski definition) is 2. The fourth-order valence-corrected chi connectivity index (χ4v) is 2.06. The summed E-state index contributed by atoms with van der Waals surface area (Å²) in [4.78, 5) is 23.4. The monoisotopic (exact) mass is 274 g/mol. The minimum absolute atomic E-state index is 0.0350. The number of rotatable bonds is 4. The van der Waals surface area contributed by atoms with Gasteiger partial charge in [0.1, 0.15) is 0 Å². The molecule has 0 spiro atoms. The van der Waals surface area contributed by atoms with Crippen molar-refractivity contribution < 1.29 is 14.3 Å². The summed E-state index contributed by atoms with van der Waals surface area (Å²) in [5, 5.41) is 5.54. The predicted octanol–water partition coefficient (Wildman–Crippen LogP) is 2.41. The Kier molecular flexibility index (Phi) is 3.79. The van der Waals surface area contributed by atoms with Crippen molar-refractivity contribution >= 4 is 23.2 Å². The third-order valence-electron chi connectivity index (χ3n) is 3.26. The average Bonchev–Trinajstić information content (AvgIpc) is 2.60. The first-order valence-corrected chi connectivity index (χ1v) is 6.50. The molecule has 0 saturated carbocycles. The first-order valence-electron chi connectivity index (χ1n) is 6.50. The average molecular weight is 274 g/mol. The van der Waals surface area contributed by atoms with Crippen molar-refractivity contribution in [1.82, 2.24) is 0 Å². The van der Waals surface area contributed by atoms with Crippen molar-refractivity contribution in [3.05, 3.63) is 36.1 Å². The van der Waals surface area contributed by atoms with Crippen molar-refractivity contribution in [3.8, 4) is 0 Å². The number of fused-ring (bicyclic) bond motifs is 1. The van der Waals surface area contributed by atoms with Gasteiger partial charge in [0.2, 0.25) is 5.91 Å². The molecule has 0 aromatic heterocycles. The molecule has 0 aliphatic carbocycles. The quantitative estimate of drug-likeness (QED) is 0.654. The van der Waals surface area contributed by atoms with Crippen LogP contribution in [0.1, 0.15) is 26.3 Å². The highest BCUT2D eigenvalue weighted by Crippen LogP contribution is 2.38. The lowest BCUT2D eigenvalue weighted by Gasteiger charge is -2.15. The van der Waals surface area contributed by atoms with E-state index < -0.39 is 5.41 Å². The second-order valence-corrected chi connectivity index (χ2v) is 5.09. The van der Waals surface area contributed by atoms with Crippen LogP contribution in [0.15, 0.2) is 30.5 Å². The number of anilines is 2. The summed E-state index contributed by atoms with van der Waals surface area (Å²) in [7, 11) is 0. The van der Waals surface area contributed by atoms with E-state index in [2.05, 4.69) is 10.6 Å². The Hall–Kier alpha value is -2.30. The van der Waals surface area contributed by atoms with Crippen molar-refractivity contribution in [3.63, 3.8) is 0 Å². The molecule has 0 fully saturated rings. The molecule has 1 aromatic rings. The molecule has 0 bridgehead atoms. The molecule has 2 rings (SSSR count). The van der Waals surface area contributed by atoms with Gasteiger partial charge in [-0.25, -0.2) is 0 Å². The number of carbonyl (C=O) groups is 2. The van der Waals surface area contributed by atoms with Gasteiger partial charge in [-0.1, -0.05) is 6.07 Å². The van der Waals surface area contributed by atoms with E-state index in [1.165, 1.54) is 12.3 Å². The topological polar surface area (TPSA) is 67.4 Å². The molecule has 0 saturated heterocycles. The van der Waals surface area contributed by atoms with Crippen LogP contribution in [-0.2, 0) is 19.7 Å². The Labute approximate surface area is 118 Å². The van der Waals surface area contributed by atoms with E-state index >= 15 is 0 Å². The minimum Gasteiger partial charge on any atom is -0.501 e. The van der Waals surface area contributed by atoms with Gasteiger partial charge in [0, 0.05) is 17.5 Å². The lowest BCUT2D eigenvalue weighted by atomic mass is 9.86. The largest absolute Gasteiger partial charge is 0.501 e. The molecule has 5 nitrogen and oxygen atoms in total. The molecular formula is C15H18N2O3.